The Balaban J connectivity index is 2.85. The second-order valence-corrected chi connectivity index (χ2v) is 4.75. The molecule has 1 rings (SSSR count). The molecule has 0 saturated carbocycles. The van der Waals surface area contributed by atoms with Crippen molar-refractivity contribution < 1.29 is 4.74 Å². The highest BCUT2D eigenvalue weighted by molar-refractivity contribution is 5.35. The molecular weight excluding hydrogens is 198 g/mol. The molecule has 16 heavy (non-hydrogen) atoms. The lowest BCUT2D eigenvalue weighted by molar-refractivity contribution is 0.237. The van der Waals surface area contributed by atoms with E-state index >= 15 is 0 Å². The number of nitrogens with one attached hydrogen (secondary N) is 1. The first-order chi connectivity index (χ1) is 7.50. The Morgan fingerprint density at radius 2 is 1.62 bits per heavy atom. The van der Waals surface area contributed by atoms with Gasteiger partial charge in [0.2, 0.25) is 0 Å². The molecule has 0 radical (unpaired) electrons. The zero-order valence-corrected chi connectivity index (χ0v) is 10.9. The summed E-state index contributed by atoms with van der Waals surface area (Å²) in [6.07, 6.45) is 0.215. The minimum atomic E-state index is 0.215. The fourth-order valence-corrected chi connectivity index (χ4v) is 1.79. The van der Waals surface area contributed by atoms with Crippen molar-refractivity contribution in [3.8, 4) is 5.75 Å². The number of benzene rings is 1. The van der Waals surface area contributed by atoms with Crippen LogP contribution < -0.4 is 10.1 Å². The number of hydrogen-bond acceptors (Lipinski definition) is 2. The highest BCUT2D eigenvalue weighted by Gasteiger charge is 2.12. The quantitative estimate of drug-likeness (QED) is 0.821. The third-order valence-electron chi connectivity index (χ3n) is 2.33. The van der Waals surface area contributed by atoms with Crippen LogP contribution >= 0.6 is 0 Å². The van der Waals surface area contributed by atoms with Crippen molar-refractivity contribution in [2.75, 3.05) is 0 Å². The van der Waals surface area contributed by atoms with Crippen LogP contribution in [0.2, 0.25) is 0 Å². The third-order valence-corrected chi connectivity index (χ3v) is 2.33. The highest BCUT2D eigenvalue weighted by atomic mass is 16.5. The van der Waals surface area contributed by atoms with E-state index in [1.165, 1.54) is 5.56 Å². The van der Waals surface area contributed by atoms with Crippen LogP contribution in [0, 0.1) is 0 Å². The molecule has 0 bridgehead atoms. The van der Waals surface area contributed by atoms with Gasteiger partial charge in [0, 0.05) is 17.6 Å². The van der Waals surface area contributed by atoms with Crippen molar-refractivity contribution in [1.29, 1.82) is 0 Å². The van der Waals surface area contributed by atoms with E-state index in [9.17, 15) is 0 Å². The molecule has 0 aliphatic carbocycles. The van der Waals surface area contributed by atoms with Crippen LogP contribution in [0.25, 0.3) is 0 Å². The van der Waals surface area contributed by atoms with Crippen molar-refractivity contribution in [1.82, 2.24) is 5.32 Å². The molecule has 1 unspecified atom stereocenters. The smallest absolute Gasteiger partial charge is 0.124 e. The van der Waals surface area contributed by atoms with Crippen LogP contribution in [0.3, 0.4) is 0 Å². The monoisotopic (exact) mass is 221 g/mol. The minimum Gasteiger partial charge on any atom is -0.491 e. The minimum absolute atomic E-state index is 0.215. The largest absolute Gasteiger partial charge is 0.491 e. The molecule has 2 nitrogen and oxygen atoms in total. The molecule has 1 atom stereocenters. The lowest BCUT2D eigenvalue weighted by Crippen LogP contribution is -2.26. The summed E-state index contributed by atoms with van der Waals surface area (Å²) < 4.78 is 5.81. The molecule has 0 aromatic heterocycles. The van der Waals surface area contributed by atoms with Crippen molar-refractivity contribution in [3.05, 3.63) is 29.8 Å². The number of rotatable bonds is 5. The first-order valence-electron chi connectivity index (χ1n) is 6.02. The average Bonchev–Trinajstić information content (AvgIpc) is 2.16. The Labute approximate surface area is 99.0 Å². The first kappa shape index (κ1) is 13.0. The number of ether oxygens (including phenoxy) is 1. The van der Waals surface area contributed by atoms with Gasteiger partial charge in [0.05, 0.1) is 6.10 Å². The summed E-state index contributed by atoms with van der Waals surface area (Å²) in [6, 6.07) is 9.02. The zero-order valence-electron chi connectivity index (χ0n) is 10.9. The van der Waals surface area contributed by atoms with Gasteiger partial charge >= 0.3 is 0 Å². The standard InChI is InChI=1S/C14H23NO/c1-10(2)15-12(5)13-8-6-7-9-14(13)16-11(3)4/h6-12,15H,1-5H3. The van der Waals surface area contributed by atoms with E-state index < -0.39 is 0 Å². The van der Waals surface area contributed by atoms with Gasteiger partial charge in [-0.3, -0.25) is 0 Å². The molecule has 1 aromatic carbocycles. The predicted octanol–water partition coefficient (Wildman–Crippen LogP) is 3.53. The van der Waals surface area contributed by atoms with Gasteiger partial charge in [-0.05, 0) is 26.8 Å². The van der Waals surface area contributed by atoms with Crippen molar-refractivity contribution in [3.63, 3.8) is 0 Å². The summed E-state index contributed by atoms with van der Waals surface area (Å²) in [7, 11) is 0. The van der Waals surface area contributed by atoms with Gasteiger partial charge in [-0.25, -0.2) is 0 Å². The first-order valence-corrected chi connectivity index (χ1v) is 6.02. The molecule has 90 valence electrons. The molecule has 0 fully saturated rings. The maximum Gasteiger partial charge on any atom is 0.124 e. The number of para-hydroxylation sites is 1. The van der Waals surface area contributed by atoms with Crippen LogP contribution in [0.1, 0.15) is 46.2 Å². The molecule has 2 heteroatoms. The van der Waals surface area contributed by atoms with Crippen LogP contribution in [0.4, 0.5) is 0 Å². The maximum absolute atomic E-state index is 5.81. The third kappa shape index (κ3) is 3.86. The van der Waals surface area contributed by atoms with Gasteiger partial charge in [-0.15, -0.1) is 0 Å². The summed E-state index contributed by atoms with van der Waals surface area (Å²) in [5, 5.41) is 3.49. The van der Waals surface area contributed by atoms with Gasteiger partial charge in [0.25, 0.3) is 0 Å². The van der Waals surface area contributed by atoms with Crippen molar-refractivity contribution in [2.45, 2.75) is 52.8 Å². The van der Waals surface area contributed by atoms with E-state index in [1.54, 1.807) is 0 Å². The highest BCUT2D eigenvalue weighted by Crippen LogP contribution is 2.25. The normalized spacial score (nSPS) is 13.2. The Bertz CT molecular complexity index is 320. The second-order valence-electron chi connectivity index (χ2n) is 4.75. The molecule has 0 spiro atoms. The van der Waals surface area contributed by atoms with Crippen LogP contribution in [0.15, 0.2) is 24.3 Å². The van der Waals surface area contributed by atoms with E-state index in [4.69, 9.17) is 4.74 Å². The van der Waals surface area contributed by atoms with E-state index in [1.807, 2.05) is 12.1 Å². The van der Waals surface area contributed by atoms with Gasteiger partial charge in [0.15, 0.2) is 0 Å². The van der Waals surface area contributed by atoms with Gasteiger partial charge in [-0.2, -0.15) is 0 Å². The van der Waals surface area contributed by atoms with Crippen molar-refractivity contribution >= 4 is 0 Å². The summed E-state index contributed by atoms with van der Waals surface area (Å²) in [4.78, 5) is 0. The Kier molecular flexibility index (Phi) is 4.81. The maximum atomic E-state index is 5.81. The number of hydrogen-bond donors (Lipinski definition) is 1. The van der Waals surface area contributed by atoms with E-state index in [2.05, 4.69) is 52.1 Å². The van der Waals surface area contributed by atoms with E-state index in [0.717, 1.165) is 5.75 Å². The lowest BCUT2D eigenvalue weighted by atomic mass is 10.1. The summed E-state index contributed by atoms with van der Waals surface area (Å²) in [5.74, 6) is 0.984. The summed E-state index contributed by atoms with van der Waals surface area (Å²) in [5.41, 5.74) is 1.23. The Morgan fingerprint density at radius 3 is 2.19 bits per heavy atom. The van der Waals surface area contributed by atoms with E-state index in [0.29, 0.717) is 12.1 Å². The molecule has 0 aliphatic rings. The predicted molar refractivity (Wildman–Crippen MR) is 68.9 cm³/mol. The van der Waals surface area contributed by atoms with E-state index in [-0.39, 0.29) is 6.10 Å². The van der Waals surface area contributed by atoms with Crippen LogP contribution in [-0.2, 0) is 0 Å². The Morgan fingerprint density at radius 1 is 1.00 bits per heavy atom. The van der Waals surface area contributed by atoms with Gasteiger partial charge in [-0.1, -0.05) is 32.0 Å². The average molecular weight is 221 g/mol. The Hall–Kier alpha value is -1.02. The fourth-order valence-electron chi connectivity index (χ4n) is 1.79. The molecular formula is C14H23NO. The molecule has 0 heterocycles. The molecule has 0 amide bonds. The second kappa shape index (κ2) is 5.90. The topological polar surface area (TPSA) is 21.3 Å². The van der Waals surface area contributed by atoms with Crippen LogP contribution in [0.5, 0.6) is 5.75 Å². The van der Waals surface area contributed by atoms with Gasteiger partial charge in [0.1, 0.15) is 5.75 Å². The molecule has 1 N–H and O–H groups in total. The van der Waals surface area contributed by atoms with Crippen LogP contribution in [-0.4, -0.2) is 12.1 Å². The fraction of sp³-hybridized carbons (Fsp3) is 0.571. The molecule has 0 saturated heterocycles. The lowest BCUT2D eigenvalue weighted by Gasteiger charge is -2.21. The SMILES string of the molecule is CC(C)NC(C)c1ccccc1OC(C)C. The summed E-state index contributed by atoms with van der Waals surface area (Å²) >= 11 is 0. The zero-order chi connectivity index (χ0) is 12.1. The molecule has 1 aromatic rings. The van der Waals surface area contributed by atoms with Gasteiger partial charge < -0.3 is 10.1 Å². The summed E-state index contributed by atoms with van der Waals surface area (Å²) in [6.45, 7) is 10.6. The molecule has 0 aliphatic heterocycles. The van der Waals surface area contributed by atoms with Crippen molar-refractivity contribution in [2.24, 2.45) is 0 Å².